The van der Waals surface area contributed by atoms with Crippen LogP contribution in [0.5, 0.6) is 0 Å². The molecule has 0 unspecified atom stereocenters. The van der Waals surface area contributed by atoms with Gasteiger partial charge in [0.2, 0.25) is 5.91 Å². The number of para-hydroxylation sites is 2. The molecule has 1 amide bonds. The second-order valence-electron chi connectivity index (χ2n) is 4.47. The fourth-order valence-electron chi connectivity index (χ4n) is 1.90. The highest BCUT2D eigenvalue weighted by Crippen LogP contribution is 2.20. The quantitative estimate of drug-likeness (QED) is 0.841. The number of carbonyl (C=O) groups is 1. The number of nitrogens with one attached hydrogen (secondary N) is 1. The van der Waals surface area contributed by atoms with Crippen molar-refractivity contribution in [1.82, 2.24) is 0 Å². The van der Waals surface area contributed by atoms with Crippen LogP contribution >= 0.6 is 0 Å². The molecule has 0 aliphatic rings. The number of hydrogen-bond acceptors (Lipinski definition) is 3. The maximum absolute atomic E-state index is 13.0. The van der Waals surface area contributed by atoms with E-state index in [-0.39, 0.29) is 18.3 Å². The molecule has 0 aliphatic carbocycles. The Hall–Kier alpha value is -2.56. The average molecular weight is 273 g/mol. The van der Waals surface area contributed by atoms with Crippen LogP contribution in [0.1, 0.15) is 0 Å². The second-order valence-corrected chi connectivity index (χ2v) is 4.47. The number of benzene rings is 2. The smallest absolute Gasteiger partial charge is 0.243 e. The summed E-state index contributed by atoms with van der Waals surface area (Å²) in [5.41, 5.74) is 7.67. The highest BCUT2D eigenvalue weighted by atomic mass is 19.1. The molecule has 0 aromatic heterocycles. The van der Waals surface area contributed by atoms with Gasteiger partial charge in [-0.3, -0.25) is 4.79 Å². The maximum atomic E-state index is 13.0. The third-order valence-electron chi connectivity index (χ3n) is 2.84. The first-order valence-corrected chi connectivity index (χ1v) is 6.17. The topological polar surface area (TPSA) is 58.4 Å². The summed E-state index contributed by atoms with van der Waals surface area (Å²) in [5.74, 6) is -0.621. The Labute approximate surface area is 117 Å². The Morgan fingerprint density at radius 1 is 1.25 bits per heavy atom. The summed E-state index contributed by atoms with van der Waals surface area (Å²) in [6, 6.07) is 13.1. The number of nitrogen functional groups attached to an aromatic ring is 1. The van der Waals surface area contributed by atoms with Crippen molar-refractivity contribution in [3.05, 3.63) is 54.3 Å². The van der Waals surface area contributed by atoms with Crippen LogP contribution in [0.2, 0.25) is 0 Å². The van der Waals surface area contributed by atoms with E-state index in [1.54, 1.807) is 30.1 Å². The van der Waals surface area contributed by atoms with Gasteiger partial charge >= 0.3 is 0 Å². The molecule has 0 fully saturated rings. The van der Waals surface area contributed by atoms with Crippen LogP contribution in [0.3, 0.4) is 0 Å². The summed E-state index contributed by atoms with van der Waals surface area (Å²) in [6.07, 6.45) is 0. The highest BCUT2D eigenvalue weighted by Gasteiger charge is 2.10. The average Bonchev–Trinajstić information content (AvgIpc) is 2.38. The van der Waals surface area contributed by atoms with Gasteiger partial charge in [0.25, 0.3) is 0 Å². The first-order chi connectivity index (χ1) is 9.56. The zero-order chi connectivity index (χ0) is 14.5. The standard InChI is InChI=1S/C15H16FN3O/c1-19(14-8-3-2-7-13(14)17)10-15(20)18-12-6-4-5-11(16)9-12/h2-9H,10,17H2,1H3,(H,18,20). The minimum absolute atomic E-state index is 0.130. The molecule has 0 saturated heterocycles. The number of nitrogens with zero attached hydrogens (tertiary/aromatic N) is 1. The third kappa shape index (κ3) is 3.47. The normalized spacial score (nSPS) is 10.1. The lowest BCUT2D eigenvalue weighted by Crippen LogP contribution is -2.30. The van der Waals surface area contributed by atoms with Gasteiger partial charge in [-0.2, -0.15) is 0 Å². The van der Waals surface area contributed by atoms with E-state index in [0.29, 0.717) is 11.4 Å². The zero-order valence-corrected chi connectivity index (χ0v) is 11.1. The van der Waals surface area contributed by atoms with Crippen LogP contribution in [0, 0.1) is 5.82 Å². The Morgan fingerprint density at radius 2 is 2.00 bits per heavy atom. The molecule has 4 nitrogen and oxygen atoms in total. The summed E-state index contributed by atoms with van der Waals surface area (Å²) in [6.45, 7) is 0.130. The van der Waals surface area contributed by atoms with E-state index in [4.69, 9.17) is 5.73 Å². The van der Waals surface area contributed by atoms with E-state index in [0.717, 1.165) is 5.69 Å². The highest BCUT2D eigenvalue weighted by molar-refractivity contribution is 5.94. The van der Waals surface area contributed by atoms with Crippen molar-refractivity contribution in [2.75, 3.05) is 29.5 Å². The predicted molar refractivity (Wildman–Crippen MR) is 79.2 cm³/mol. The molecule has 2 aromatic carbocycles. The first kappa shape index (κ1) is 13.9. The summed E-state index contributed by atoms with van der Waals surface area (Å²) >= 11 is 0. The van der Waals surface area contributed by atoms with E-state index in [9.17, 15) is 9.18 Å². The predicted octanol–water partition coefficient (Wildman–Crippen LogP) is 2.48. The zero-order valence-electron chi connectivity index (χ0n) is 11.1. The lowest BCUT2D eigenvalue weighted by molar-refractivity contribution is -0.114. The minimum atomic E-state index is -0.386. The van der Waals surface area contributed by atoms with Gasteiger partial charge in [0.05, 0.1) is 17.9 Å². The molecule has 0 heterocycles. The molecule has 3 N–H and O–H groups in total. The molecule has 2 rings (SSSR count). The minimum Gasteiger partial charge on any atom is -0.397 e. The SMILES string of the molecule is CN(CC(=O)Nc1cccc(F)c1)c1ccccc1N. The van der Waals surface area contributed by atoms with Crippen LogP contribution in [0.25, 0.3) is 0 Å². The van der Waals surface area contributed by atoms with Crippen LogP contribution in [-0.4, -0.2) is 19.5 Å². The van der Waals surface area contributed by atoms with Crippen LogP contribution in [0.4, 0.5) is 21.5 Å². The third-order valence-corrected chi connectivity index (χ3v) is 2.84. The van der Waals surface area contributed by atoms with Gasteiger partial charge in [-0.15, -0.1) is 0 Å². The van der Waals surface area contributed by atoms with Crippen molar-refractivity contribution >= 4 is 23.0 Å². The van der Waals surface area contributed by atoms with Crippen LogP contribution in [0.15, 0.2) is 48.5 Å². The van der Waals surface area contributed by atoms with Crippen molar-refractivity contribution in [3.63, 3.8) is 0 Å². The van der Waals surface area contributed by atoms with Crippen LogP contribution < -0.4 is 16.0 Å². The van der Waals surface area contributed by atoms with Gasteiger partial charge in [-0.25, -0.2) is 4.39 Å². The molecular weight excluding hydrogens is 257 g/mol. The molecule has 104 valence electrons. The fraction of sp³-hybridized carbons (Fsp3) is 0.133. The number of nitrogens with two attached hydrogens (primary N) is 1. The molecule has 0 bridgehead atoms. The molecule has 0 radical (unpaired) electrons. The van der Waals surface area contributed by atoms with E-state index in [1.165, 1.54) is 12.1 Å². The van der Waals surface area contributed by atoms with E-state index in [2.05, 4.69) is 5.32 Å². The van der Waals surface area contributed by atoms with Crippen molar-refractivity contribution in [3.8, 4) is 0 Å². The van der Waals surface area contributed by atoms with Crippen molar-refractivity contribution < 1.29 is 9.18 Å². The Bertz CT molecular complexity index is 616. The molecular formula is C15H16FN3O. The van der Waals surface area contributed by atoms with Gasteiger partial charge in [-0.1, -0.05) is 18.2 Å². The van der Waals surface area contributed by atoms with E-state index >= 15 is 0 Å². The van der Waals surface area contributed by atoms with Gasteiger partial charge in [0.15, 0.2) is 0 Å². The van der Waals surface area contributed by atoms with Gasteiger partial charge in [0, 0.05) is 12.7 Å². The van der Waals surface area contributed by atoms with Crippen LogP contribution in [-0.2, 0) is 4.79 Å². The largest absolute Gasteiger partial charge is 0.397 e. The maximum Gasteiger partial charge on any atom is 0.243 e. The van der Waals surface area contributed by atoms with E-state index in [1.807, 2.05) is 18.2 Å². The molecule has 0 aliphatic heterocycles. The lowest BCUT2D eigenvalue weighted by atomic mass is 10.2. The first-order valence-electron chi connectivity index (χ1n) is 6.17. The van der Waals surface area contributed by atoms with Gasteiger partial charge in [0.1, 0.15) is 5.82 Å². The number of halogens is 1. The number of hydrogen-bond donors (Lipinski definition) is 2. The number of likely N-dealkylation sites (N-methyl/N-ethyl adjacent to an activating group) is 1. The monoisotopic (exact) mass is 273 g/mol. The second kappa shape index (κ2) is 6.06. The molecule has 2 aromatic rings. The number of amides is 1. The van der Waals surface area contributed by atoms with Crippen molar-refractivity contribution in [2.45, 2.75) is 0 Å². The Kier molecular flexibility index (Phi) is 4.20. The summed E-state index contributed by atoms with van der Waals surface area (Å²) in [4.78, 5) is 13.6. The lowest BCUT2D eigenvalue weighted by Gasteiger charge is -2.20. The summed E-state index contributed by atoms with van der Waals surface area (Å²) in [7, 11) is 1.77. The summed E-state index contributed by atoms with van der Waals surface area (Å²) in [5, 5.41) is 2.64. The molecule has 0 saturated carbocycles. The molecule has 0 spiro atoms. The fourth-order valence-corrected chi connectivity index (χ4v) is 1.90. The Balaban J connectivity index is 2.00. The molecule has 20 heavy (non-hydrogen) atoms. The summed E-state index contributed by atoms with van der Waals surface area (Å²) < 4.78 is 13.0. The van der Waals surface area contributed by atoms with E-state index < -0.39 is 0 Å². The van der Waals surface area contributed by atoms with Gasteiger partial charge in [-0.05, 0) is 30.3 Å². The Morgan fingerprint density at radius 3 is 2.70 bits per heavy atom. The number of anilines is 3. The molecule has 5 heteroatoms. The number of rotatable bonds is 4. The van der Waals surface area contributed by atoms with Crippen molar-refractivity contribution in [1.29, 1.82) is 0 Å². The number of carbonyl (C=O) groups excluding carboxylic acids is 1. The van der Waals surface area contributed by atoms with Gasteiger partial charge < -0.3 is 16.0 Å². The van der Waals surface area contributed by atoms with Crippen molar-refractivity contribution in [2.24, 2.45) is 0 Å². The molecule has 0 atom stereocenters.